The summed E-state index contributed by atoms with van der Waals surface area (Å²) in [6, 6.07) is 20.3. The first kappa shape index (κ1) is 22.1. The van der Waals surface area contributed by atoms with Crippen LogP contribution in [0.15, 0.2) is 83.9 Å². The van der Waals surface area contributed by atoms with E-state index in [2.05, 4.69) is 10.3 Å². The predicted molar refractivity (Wildman–Crippen MR) is 124 cm³/mol. The molecule has 0 saturated carbocycles. The van der Waals surface area contributed by atoms with Gasteiger partial charge in [0, 0.05) is 37.0 Å². The Labute approximate surface area is 185 Å². The minimum Gasteiger partial charge on any atom is -0.487 e. The van der Waals surface area contributed by atoms with Gasteiger partial charge in [0.25, 0.3) is 5.24 Å². The number of amides is 2. The maximum absolute atomic E-state index is 12.2. The quantitative estimate of drug-likeness (QED) is 0.415. The molecule has 0 aliphatic rings. The van der Waals surface area contributed by atoms with Crippen LogP contribution in [0.4, 0.5) is 10.5 Å². The lowest BCUT2D eigenvalue weighted by Gasteiger charge is -2.09. The van der Waals surface area contributed by atoms with Gasteiger partial charge in [0.2, 0.25) is 5.91 Å². The van der Waals surface area contributed by atoms with Crippen LogP contribution >= 0.6 is 11.8 Å². The van der Waals surface area contributed by atoms with E-state index >= 15 is 0 Å². The van der Waals surface area contributed by atoms with Gasteiger partial charge < -0.3 is 15.0 Å². The van der Waals surface area contributed by atoms with E-state index in [-0.39, 0.29) is 11.1 Å². The number of rotatable bonds is 7. The topological polar surface area (TPSA) is 71.5 Å². The highest BCUT2D eigenvalue weighted by Crippen LogP contribution is 2.22. The average molecular weight is 434 g/mol. The third kappa shape index (κ3) is 7.31. The van der Waals surface area contributed by atoms with Crippen molar-refractivity contribution in [1.82, 2.24) is 9.88 Å². The van der Waals surface area contributed by atoms with Crippen LogP contribution in [0, 0.1) is 0 Å². The number of carbonyl (C=O) groups is 2. The minimum absolute atomic E-state index is 0.0483. The van der Waals surface area contributed by atoms with Gasteiger partial charge in [-0.15, -0.1) is 0 Å². The molecule has 2 amide bonds. The number of carbonyl (C=O) groups excluding carboxylic acids is 2. The van der Waals surface area contributed by atoms with Crippen LogP contribution in [-0.2, 0) is 11.4 Å². The van der Waals surface area contributed by atoms with E-state index in [0.717, 1.165) is 33.7 Å². The van der Waals surface area contributed by atoms with Crippen LogP contribution in [0.2, 0.25) is 0 Å². The van der Waals surface area contributed by atoms with Gasteiger partial charge in [0.05, 0.1) is 5.69 Å². The fourth-order valence-corrected chi connectivity index (χ4v) is 3.13. The third-order valence-corrected chi connectivity index (χ3v) is 5.16. The Morgan fingerprint density at radius 1 is 1.03 bits per heavy atom. The maximum Gasteiger partial charge on any atom is 0.285 e. The second-order valence-electron chi connectivity index (χ2n) is 6.79. The van der Waals surface area contributed by atoms with Crippen molar-refractivity contribution >= 4 is 34.7 Å². The van der Waals surface area contributed by atoms with Gasteiger partial charge in [0.1, 0.15) is 12.4 Å². The standard InChI is InChI=1S/C24H23N3O3S/c1-27(2)24(29)31-22-13-9-19(10-14-22)26-23(28)15-8-18-6-11-21(12-7-18)30-17-20-5-3-4-16-25-20/h3-16H,17H2,1-2H3,(H,26,28)/b15-8+. The molecule has 7 heteroatoms. The largest absolute Gasteiger partial charge is 0.487 e. The highest BCUT2D eigenvalue weighted by Gasteiger charge is 2.06. The first-order chi connectivity index (χ1) is 15.0. The Morgan fingerprint density at radius 3 is 2.42 bits per heavy atom. The summed E-state index contributed by atoms with van der Waals surface area (Å²) >= 11 is 1.14. The number of nitrogens with zero attached hydrogens (tertiary/aromatic N) is 2. The summed E-state index contributed by atoms with van der Waals surface area (Å²) in [4.78, 5) is 30.4. The van der Waals surface area contributed by atoms with Crippen molar-refractivity contribution in [3.05, 3.63) is 90.3 Å². The summed E-state index contributed by atoms with van der Waals surface area (Å²) < 4.78 is 5.71. The number of nitrogens with one attached hydrogen (secondary N) is 1. The zero-order valence-electron chi connectivity index (χ0n) is 17.3. The summed E-state index contributed by atoms with van der Waals surface area (Å²) in [5, 5.41) is 2.76. The van der Waals surface area contributed by atoms with Crippen LogP contribution in [0.5, 0.6) is 5.75 Å². The summed E-state index contributed by atoms with van der Waals surface area (Å²) in [6.45, 7) is 0.402. The molecule has 1 N–H and O–H groups in total. The fourth-order valence-electron chi connectivity index (χ4n) is 2.47. The molecular weight excluding hydrogens is 410 g/mol. The summed E-state index contributed by atoms with van der Waals surface area (Å²) in [6.07, 6.45) is 4.94. The molecule has 0 fully saturated rings. The van der Waals surface area contributed by atoms with E-state index in [4.69, 9.17) is 4.74 Å². The van der Waals surface area contributed by atoms with E-state index in [0.29, 0.717) is 12.3 Å². The molecule has 0 bridgehead atoms. The van der Waals surface area contributed by atoms with Crippen molar-refractivity contribution < 1.29 is 14.3 Å². The third-order valence-electron chi connectivity index (χ3n) is 4.11. The van der Waals surface area contributed by atoms with E-state index in [9.17, 15) is 9.59 Å². The lowest BCUT2D eigenvalue weighted by molar-refractivity contribution is -0.111. The van der Waals surface area contributed by atoms with Gasteiger partial charge in [0.15, 0.2) is 0 Å². The first-order valence-electron chi connectivity index (χ1n) is 9.60. The number of hydrogen-bond donors (Lipinski definition) is 1. The molecule has 0 saturated heterocycles. The molecule has 158 valence electrons. The van der Waals surface area contributed by atoms with Crippen molar-refractivity contribution in [3.63, 3.8) is 0 Å². The van der Waals surface area contributed by atoms with Gasteiger partial charge in [-0.3, -0.25) is 14.6 Å². The fraction of sp³-hybridized carbons (Fsp3) is 0.125. The maximum atomic E-state index is 12.2. The van der Waals surface area contributed by atoms with Crippen molar-refractivity contribution in [2.45, 2.75) is 11.5 Å². The normalized spacial score (nSPS) is 10.6. The highest BCUT2D eigenvalue weighted by atomic mass is 32.2. The van der Waals surface area contributed by atoms with Crippen LogP contribution < -0.4 is 10.1 Å². The molecule has 2 aromatic carbocycles. The second kappa shape index (κ2) is 11.0. The molecule has 3 aromatic rings. The molecule has 0 aliphatic carbocycles. The molecule has 6 nitrogen and oxygen atoms in total. The molecular formula is C24H23N3O3S. The van der Waals surface area contributed by atoms with Crippen LogP contribution in [0.3, 0.4) is 0 Å². The number of hydrogen-bond acceptors (Lipinski definition) is 5. The molecule has 1 heterocycles. The van der Waals surface area contributed by atoms with E-state index in [1.54, 1.807) is 50.6 Å². The molecule has 0 unspecified atom stereocenters. The predicted octanol–water partition coefficient (Wildman–Crippen LogP) is 5.09. The van der Waals surface area contributed by atoms with E-state index in [1.807, 2.05) is 42.5 Å². The second-order valence-corrected chi connectivity index (χ2v) is 7.81. The molecule has 0 atom stereocenters. The van der Waals surface area contributed by atoms with Gasteiger partial charge in [-0.25, -0.2) is 0 Å². The Balaban J connectivity index is 1.48. The first-order valence-corrected chi connectivity index (χ1v) is 10.4. The smallest absolute Gasteiger partial charge is 0.285 e. The summed E-state index contributed by atoms with van der Waals surface area (Å²) in [5.41, 5.74) is 2.41. The summed E-state index contributed by atoms with van der Waals surface area (Å²) in [5.74, 6) is 0.498. The molecule has 31 heavy (non-hydrogen) atoms. The zero-order chi connectivity index (χ0) is 22.1. The van der Waals surface area contributed by atoms with Crippen LogP contribution in [0.1, 0.15) is 11.3 Å². The number of pyridine rings is 1. The monoisotopic (exact) mass is 433 g/mol. The van der Waals surface area contributed by atoms with Gasteiger partial charge in [-0.05, 0) is 71.9 Å². The molecule has 0 aliphatic heterocycles. The molecule has 3 rings (SSSR count). The van der Waals surface area contributed by atoms with Crippen molar-refractivity contribution in [3.8, 4) is 5.75 Å². The number of ether oxygens (including phenoxy) is 1. The number of aromatic nitrogens is 1. The van der Waals surface area contributed by atoms with Crippen LogP contribution in [0.25, 0.3) is 6.08 Å². The van der Waals surface area contributed by atoms with Gasteiger partial charge in [-0.1, -0.05) is 18.2 Å². The molecule has 1 aromatic heterocycles. The zero-order valence-corrected chi connectivity index (χ0v) is 18.1. The molecule has 0 spiro atoms. The average Bonchev–Trinajstić information content (AvgIpc) is 2.79. The van der Waals surface area contributed by atoms with Crippen LogP contribution in [-0.4, -0.2) is 35.1 Å². The van der Waals surface area contributed by atoms with Crippen molar-refractivity contribution in [2.24, 2.45) is 0 Å². The SMILES string of the molecule is CN(C)C(=O)Sc1ccc(NC(=O)/C=C/c2ccc(OCc3ccccn3)cc2)cc1. The highest BCUT2D eigenvalue weighted by molar-refractivity contribution is 8.13. The van der Waals surface area contributed by atoms with E-state index < -0.39 is 0 Å². The van der Waals surface area contributed by atoms with E-state index in [1.165, 1.54) is 11.0 Å². The molecule has 0 radical (unpaired) electrons. The minimum atomic E-state index is -0.236. The lowest BCUT2D eigenvalue weighted by Crippen LogP contribution is -2.16. The lowest BCUT2D eigenvalue weighted by atomic mass is 10.2. The number of benzene rings is 2. The van der Waals surface area contributed by atoms with Crippen molar-refractivity contribution in [2.75, 3.05) is 19.4 Å². The Kier molecular flexibility index (Phi) is 7.84. The van der Waals surface area contributed by atoms with Gasteiger partial charge in [-0.2, -0.15) is 0 Å². The number of thioether (sulfide) groups is 1. The van der Waals surface area contributed by atoms with Crippen molar-refractivity contribution in [1.29, 1.82) is 0 Å². The Hall–Kier alpha value is -3.58. The Bertz CT molecular complexity index is 1030. The van der Waals surface area contributed by atoms with Gasteiger partial charge >= 0.3 is 0 Å². The Morgan fingerprint density at radius 2 is 1.77 bits per heavy atom. The summed E-state index contributed by atoms with van der Waals surface area (Å²) in [7, 11) is 3.41. The number of anilines is 1.